The highest BCUT2D eigenvalue weighted by atomic mass is 16.3. The van der Waals surface area contributed by atoms with Gasteiger partial charge in [0.15, 0.2) is 5.78 Å². The van der Waals surface area contributed by atoms with Gasteiger partial charge in [0.2, 0.25) is 5.95 Å². The molecule has 34 heavy (non-hydrogen) atoms. The maximum atomic E-state index is 13.3. The summed E-state index contributed by atoms with van der Waals surface area (Å²) in [5, 5.41) is 13.7. The molecule has 2 saturated carbocycles. The average molecular weight is 462 g/mol. The summed E-state index contributed by atoms with van der Waals surface area (Å²) in [6.45, 7) is 4.30. The van der Waals surface area contributed by atoms with Crippen LogP contribution in [0.15, 0.2) is 36.0 Å². The lowest BCUT2D eigenvalue weighted by Gasteiger charge is -2.48. The van der Waals surface area contributed by atoms with Crippen molar-refractivity contribution in [1.29, 1.82) is 0 Å². The van der Waals surface area contributed by atoms with Crippen LogP contribution in [-0.2, 0) is 15.0 Å². The van der Waals surface area contributed by atoms with Crippen LogP contribution in [0.3, 0.4) is 0 Å². The Kier molecular flexibility index (Phi) is 6.09. The Morgan fingerprint density at radius 3 is 2.88 bits per heavy atom. The molecule has 2 bridgehead atoms. The number of H-pyrrole nitrogens is 1. The number of nitrogens with one attached hydrogen (secondary N) is 2. The quantitative estimate of drug-likeness (QED) is 0.458. The average Bonchev–Trinajstić information content (AvgIpc) is 3.31. The fourth-order valence-corrected chi connectivity index (χ4v) is 6.85. The van der Waals surface area contributed by atoms with Crippen LogP contribution in [0.5, 0.6) is 0 Å². The Morgan fingerprint density at radius 2 is 2.09 bits per heavy atom. The molecule has 3 aliphatic carbocycles. The van der Waals surface area contributed by atoms with E-state index in [0.717, 1.165) is 42.4 Å². The second-order valence-corrected chi connectivity index (χ2v) is 10.6. The van der Waals surface area contributed by atoms with E-state index < -0.39 is 11.8 Å². The van der Waals surface area contributed by atoms with E-state index in [0.29, 0.717) is 17.9 Å². The summed E-state index contributed by atoms with van der Waals surface area (Å²) in [6.07, 6.45) is 11.9. The van der Waals surface area contributed by atoms with Gasteiger partial charge in [-0.25, -0.2) is 4.98 Å². The first kappa shape index (κ1) is 22.9. The predicted octanol–water partition coefficient (Wildman–Crippen LogP) is 6.03. The van der Waals surface area contributed by atoms with Crippen molar-refractivity contribution < 1.29 is 14.7 Å². The van der Waals surface area contributed by atoms with Crippen molar-refractivity contribution in [3.63, 3.8) is 0 Å². The topological polar surface area (TPSA) is 95.1 Å². The summed E-state index contributed by atoms with van der Waals surface area (Å²) in [7, 11) is 0. The molecule has 0 aliphatic heterocycles. The van der Waals surface area contributed by atoms with E-state index in [1.807, 2.05) is 31.3 Å². The van der Waals surface area contributed by atoms with Crippen LogP contribution in [0.4, 0.5) is 5.95 Å². The summed E-state index contributed by atoms with van der Waals surface area (Å²) in [4.78, 5) is 34.3. The Morgan fingerprint density at radius 1 is 1.26 bits per heavy atom. The first-order valence-corrected chi connectivity index (χ1v) is 12.9. The molecule has 3 N–H and O–H groups in total. The minimum Gasteiger partial charge on any atom is -0.506 e. The Balaban J connectivity index is 1.41. The van der Waals surface area contributed by atoms with Crippen LogP contribution in [0, 0.1) is 11.8 Å². The zero-order valence-electron chi connectivity index (χ0n) is 20.2. The number of hydrogen-bond donors (Lipinski definition) is 3. The third-order valence-electron chi connectivity index (χ3n) is 8.45. The molecule has 2 fully saturated rings. The van der Waals surface area contributed by atoms with Crippen molar-refractivity contribution in [3.8, 4) is 0 Å². The summed E-state index contributed by atoms with van der Waals surface area (Å²) in [5.74, 6) is 0.251. The third-order valence-corrected chi connectivity index (χ3v) is 8.45. The fraction of sp³-hybridized carbons (Fsp3) is 0.536. The third kappa shape index (κ3) is 3.87. The highest BCUT2D eigenvalue weighted by Gasteiger charge is 2.45. The molecule has 1 heterocycles. The van der Waals surface area contributed by atoms with Crippen molar-refractivity contribution in [2.24, 2.45) is 11.8 Å². The number of aliphatic hydroxyl groups is 1. The number of Topliss-reactive ketones (excluding diaryl/α,β-unsaturated/α-hetero) is 1. The molecule has 5 rings (SSSR count). The summed E-state index contributed by atoms with van der Waals surface area (Å²) in [6, 6.07) is 7.30. The molecule has 6 nitrogen and oxygen atoms in total. The SMILES string of the molecule is CCCC1C(=O)C(C(=O)Nc2ncc(C34CCCC(CC(CC)C3)C4)[nH]2)=C(O)c2ccccc21. The van der Waals surface area contributed by atoms with Crippen molar-refractivity contribution in [2.45, 2.75) is 83.0 Å². The Bertz CT molecular complexity index is 1130. The van der Waals surface area contributed by atoms with E-state index in [4.69, 9.17) is 0 Å². The molecule has 0 spiro atoms. The first-order valence-electron chi connectivity index (χ1n) is 12.9. The van der Waals surface area contributed by atoms with E-state index in [1.54, 1.807) is 6.07 Å². The van der Waals surface area contributed by atoms with Gasteiger partial charge >= 0.3 is 0 Å². The minimum absolute atomic E-state index is 0.102. The number of imidazole rings is 1. The molecular formula is C28H35N3O3. The molecule has 1 aromatic carbocycles. The van der Waals surface area contributed by atoms with Crippen LogP contribution < -0.4 is 5.32 Å². The standard InChI is InChI=1S/C28H35N3O3/c1-3-8-20-19-10-5-6-11-21(19)25(33)23(24(20)32)26(34)31-27-29-16-22(30-27)28-12-7-9-18(15-28)13-17(4-2)14-28/h5-6,10-11,16-18,20,33H,3-4,7-9,12-15H2,1-2H3,(H2,29,30,31,34). The molecule has 6 heteroatoms. The van der Waals surface area contributed by atoms with Crippen LogP contribution in [0.1, 0.15) is 94.4 Å². The first-order chi connectivity index (χ1) is 16.5. The highest BCUT2D eigenvalue weighted by molar-refractivity contribution is 6.30. The Labute approximate surface area is 201 Å². The Hall–Kier alpha value is -2.89. The molecule has 0 radical (unpaired) electrons. The van der Waals surface area contributed by atoms with Crippen molar-refractivity contribution in [1.82, 2.24) is 9.97 Å². The van der Waals surface area contributed by atoms with Gasteiger partial charge in [0, 0.05) is 22.6 Å². The lowest BCUT2D eigenvalue weighted by atomic mass is 9.57. The largest absolute Gasteiger partial charge is 0.506 e. The van der Waals surface area contributed by atoms with Crippen LogP contribution in [-0.4, -0.2) is 26.8 Å². The smallest absolute Gasteiger partial charge is 0.265 e. The van der Waals surface area contributed by atoms with Crippen molar-refractivity contribution in [2.75, 3.05) is 5.32 Å². The van der Waals surface area contributed by atoms with Crippen LogP contribution in [0.25, 0.3) is 5.76 Å². The molecule has 3 aliphatic rings. The number of anilines is 1. The summed E-state index contributed by atoms with van der Waals surface area (Å²) in [5.41, 5.74) is 2.37. The number of carbonyl (C=O) groups excluding carboxylic acids is 2. The van der Waals surface area contributed by atoms with E-state index in [1.165, 1.54) is 32.1 Å². The van der Waals surface area contributed by atoms with Gasteiger partial charge in [-0.15, -0.1) is 0 Å². The number of fused-ring (bicyclic) bond motifs is 3. The van der Waals surface area contributed by atoms with E-state index in [9.17, 15) is 14.7 Å². The summed E-state index contributed by atoms with van der Waals surface area (Å²) < 4.78 is 0. The maximum Gasteiger partial charge on any atom is 0.265 e. The molecular weight excluding hydrogens is 426 g/mol. The molecule has 0 saturated heterocycles. The number of aromatic amines is 1. The van der Waals surface area contributed by atoms with Gasteiger partial charge in [0.1, 0.15) is 11.3 Å². The van der Waals surface area contributed by atoms with Gasteiger partial charge in [0.05, 0.1) is 6.20 Å². The van der Waals surface area contributed by atoms with E-state index in [2.05, 4.69) is 22.2 Å². The number of benzene rings is 1. The van der Waals surface area contributed by atoms with Crippen molar-refractivity contribution in [3.05, 3.63) is 52.9 Å². The van der Waals surface area contributed by atoms with Crippen LogP contribution >= 0.6 is 0 Å². The number of nitrogens with zero attached hydrogens (tertiary/aromatic N) is 1. The van der Waals surface area contributed by atoms with Gasteiger partial charge in [-0.3, -0.25) is 14.9 Å². The lowest BCUT2D eigenvalue weighted by Crippen LogP contribution is -2.40. The number of amides is 1. The number of aliphatic hydroxyl groups excluding tert-OH is 1. The van der Waals surface area contributed by atoms with Gasteiger partial charge in [-0.2, -0.15) is 0 Å². The summed E-state index contributed by atoms with van der Waals surface area (Å²) >= 11 is 0. The number of hydrogen-bond acceptors (Lipinski definition) is 4. The zero-order valence-corrected chi connectivity index (χ0v) is 20.2. The number of ketones is 1. The molecule has 2 aromatic rings. The van der Waals surface area contributed by atoms with E-state index in [-0.39, 0.29) is 22.5 Å². The molecule has 4 atom stereocenters. The number of aromatic nitrogens is 2. The minimum atomic E-state index is -0.604. The highest BCUT2D eigenvalue weighted by Crippen LogP contribution is 2.52. The normalized spacial score (nSPS) is 28.5. The molecule has 1 aromatic heterocycles. The second-order valence-electron chi connectivity index (χ2n) is 10.6. The van der Waals surface area contributed by atoms with E-state index >= 15 is 0 Å². The van der Waals surface area contributed by atoms with Gasteiger partial charge < -0.3 is 10.1 Å². The zero-order chi connectivity index (χ0) is 23.9. The van der Waals surface area contributed by atoms with Crippen LogP contribution in [0.2, 0.25) is 0 Å². The van der Waals surface area contributed by atoms with Gasteiger partial charge in [-0.1, -0.05) is 63.8 Å². The second kappa shape index (κ2) is 9.05. The lowest BCUT2D eigenvalue weighted by molar-refractivity contribution is -0.121. The number of carbonyl (C=O) groups is 2. The molecule has 1 amide bonds. The van der Waals surface area contributed by atoms with Gasteiger partial charge in [0.25, 0.3) is 5.91 Å². The number of rotatable bonds is 6. The molecule has 4 unspecified atom stereocenters. The monoisotopic (exact) mass is 461 g/mol. The van der Waals surface area contributed by atoms with Gasteiger partial charge in [-0.05, 0) is 49.5 Å². The van der Waals surface area contributed by atoms with Crippen molar-refractivity contribution >= 4 is 23.4 Å². The predicted molar refractivity (Wildman–Crippen MR) is 133 cm³/mol. The maximum absolute atomic E-state index is 13.3. The molecule has 180 valence electrons. The fourth-order valence-electron chi connectivity index (χ4n) is 6.85.